The Morgan fingerprint density at radius 3 is 1.57 bits per heavy atom. The van der Waals surface area contributed by atoms with Crippen molar-refractivity contribution >= 4 is 23.9 Å². The summed E-state index contributed by atoms with van der Waals surface area (Å²) in [6, 6.07) is 21.9. The molecule has 0 amide bonds. The summed E-state index contributed by atoms with van der Waals surface area (Å²) in [7, 11) is -3.57. The Kier molecular flexibility index (Phi) is 5.86. The molecule has 0 N–H and O–H groups in total. The maximum absolute atomic E-state index is 14.0. The monoisotopic (exact) mass is 392 g/mol. The lowest BCUT2D eigenvalue weighted by Crippen LogP contribution is -2.21. The van der Waals surface area contributed by atoms with Crippen molar-refractivity contribution in [2.45, 2.75) is 33.6 Å². The summed E-state index contributed by atoms with van der Waals surface area (Å²) in [5.41, 5.74) is 3.63. The van der Waals surface area contributed by atoms with Gasteiger partial charge in [-0.25, -0.2) is 4.79 Å². The highest BCUT2D eigenvalue weighted by Crippen LogP contribution is 2.45. The van der Waals surface area contributed by atoms with E-state index < -0.39 is 13.3 Å². The van der Waals surface area contributed by atoms with Gasteiger partial charge in [0.15, 0.2) is 0 Å². The van der Waals surface area contributed by atoms with Crippen molar-refractivity contribution in [3.8, 4) is 0 Å². The van der Waals surface area contributed by atoms with Crippen LogP contribution in [0.5, 0.6) is 0 Å². The number of rotatable bonds is 5. The van der Waals surface area contributed by atoms with Crippen LogP contribution in [-0.4, -0.2) is 5.97 Å². The first-order valence-electron chi connectivity index (χ1n) is 9.38. The summed E-state index contributed by atoms with van der Waals surface area (Å²) >= 11 is 0. The lowest BCUT2D eigenvalue weighted by atomic mass is 10.0. The molecule has 0 radical (unpaired) electrons. The van der Waals surface area contributed by atoms with Gasteiger partial charge in [0.25, 0.3) is 0 Å². The zero-order valence-electron chi connectivity index (χ0n) is 16.7. The number of carbonyl (C=O) groups is 1. The Hall–Kier alpha value is -2.64. The van der Waals surface area contributed by atoms with Gasteiger partial charge in [-0.3, -0.25) is 4.57 Å². The number of aryl methyl sites for hydroxylation is 2. The van der Waals surface area contributed by atoms with Crippen LogP contribution in [0.15, 0.2) is 72.8 Å². The highest BCUT2D eigenvalue weighted by Gasteiger charge is 2.32. The van der Waals surface area contributed by atoms with Crippen molar-refractivity contribution in [1.29, 1.82) is 0 Å². The Morgan fingerprint density at radius 1 is 0.750 bits per heavy atom. The van der Waals surface area contributed by atoms with Crippen molar-refractivity contribution in [2.24, 2.45) is 0 Å². The van der Waals surface area contributed by atoms with Gasteiger partial charge in [-0.15, -0.1) is 0 Å². The normalized spacial score (nSPS) is 11.5. The van der Waals surface area contributed by atoms with Crippen molar-refractivity contribution in [2.75, 3.05) is 0 Å². The number of carbonyl (C=O) groups excluding carboxylic acids is 1. The van der Waals surface area contributed by atoms with Crippen LogP contribution >= 0.6 is 7.37 Å². The van der Waals surface area contributed by atoms with E-state index in [-0.39, 0.29) is 0 Å². The van der Waals surface area contributed by atoms with Crippen LogP contribution in [0, 0.1) is 13.8 Å². The van der Waals surface area contributed by atoms with E-state index in [1.807, 2.05) is 50.2 Å². The molecule has 3 nitrogen and oxygen atoms in total. The minimum Gasteiger partial charge on any atom is -0.401 e. The van der Waals surface area contributed by atoms with E-state index in [4.69, 9.17) is 4.52 Å². The molecular formula is C24H25O3P. The van der Waals surface area contributed by atoms with Gasteiger partial charge >= 0.3 is 13.3 Å². The number of hydrogen-bond donors (Lipinski definition) is 0. The van der Waals surface area contributed by atoms with E-state index in [0.29, 0.717) is 22.1 Å². The third-order valence-electron chi connectivity index (χ3n) is 4.77. The van der Waals surface area contributed by atoms with Crippen molar-refractivity contribution in [1.82, 2.24) is 0 Å². The van der Waals surface area contributed by atoms with E-state index in [1.54, 1.807) is 36.4 Å². The molecule has 0 spiro atoms. The number of hydrogen-bond acceptors (Lipinski definition) is 3. The molecule has 0 unspecified atom stereocenters. The third kappa shape index (κ3) is 4.26. The van der Waals surface area contributed by atoms with E-state index in [9.17, 15) is 9.36 Å². The van der Waals surface area contributed by atoms with Crippen LogP contribution in [0.1, 0.15) is 46.8 Å². The van der Waals surface area contributed by atoms with Crippen molar-refractivity contribution in [3.05, 3.63) is 95.1 Å². The van der Waals surface area contributed by atoms with E-state index in [2.05, 4.69) is 13.8 Å². The Labute approximate surface area is 166 Å². The molecule has 0 saturated carbocycles. The van der Waals surface area contributed by atoms with Gasteiger partial charge < -0.3 is 4.52 Å². The van der Waals surface area contributed by atoms with Gasteiger partial charge in [0, 0.05) is 0 Å². The number of benzene rings is 3. The smallest absolute Gasteiger partial charge is 0.343 e. The summed E-state index contributed by atoms with van der Waals surface area (Å²) in [4.78, 5) is 12.8. The fourth-order valence-corrected chi connectivity index (χ4v) is 4.84. The van der Waals surface area contributed by atoms with Crippen LogP contribution in [0.25, 0.3) is 0 Å². The minimum absolute atomic E-state index is 0.372. The van der Waals surface area contributed by atoms with Crippen LogP contribution in [0.2, 0.25) is 0 Å². The fraction of sp³-hybridized carbons (Fsp3) is 0.208. The topological polar surface area (TPSA) is 43.4 Å². The molecule has 4 heteroatoms. The summed E-state index contributed by atoms with van der Waals surface area (Å²) in [5, 5.41) is 1.02. The molecule has 3 aromatic rings. The third-order valence-corrected chi connectivity index (χ3v) is 7.15. The average molecular weight is 392 g/mol. The lowest BCUT2D eigenvalue weighted by molar-refractivity contribution is 0.0747. The molecule has 144 valence electrons. The summed E-state index contributed by atoms with van der Waals surface area (Å²) in [6.45, 7) is 8.11. The predicted molar refractivity (Wildman–Crippen MR) is 115 cm³/mol. The highest BCUT2D eigenvalue weighted by molar-refractivity contribution is 7.74. The quantitative estimate of drug-likeness (QED) is 0.538. The molecule has 0 aliphatic carbocycles. The lowest BCUT2D eigenvalue weighted by Gasteiger charge is -2.20. The minimum atomic E-state index is -3.57. The molecule has 28 heavy (non-hydrogen) atoms. The average Bonchev–Trinajstić information content (AvgIpc) is 2.68. The second-order valence-corrected chi connectivity index (χ2v) is 9.70. The van der Waals surface area contributed by atoms with Gasteiger partial charge in [0.2, 0.25) is 0 Å². The molecular weight excluding hydrogens is 367 g/mol. The Bertz CT molecular complexity index is 952. The van der Waals surface area contributed by atoms with Crippen molar-refractivity contribution in [3.63, 3.8) is 0 Å². The predicted octanol–water partition coefficient (Wildman–Crippen LogP) is 5.51. The Morgan fingerprint density at radius 2 is 1.18 bits per heavy atom. The summed E-state index contributed by atoms with van der Waals surface area (Å²) in [5.74, 6) is -0.212. The maximum Gasteiger partial charge on any atom is 0.343 e. The molecule has 0 aliphatic rings. The first kappa shape index (κ1) is 20.1. The van der Waals surface area contributed by atoms with Gasteiger partial charge in [-0.05, 0) is 61.7 Å². The van der Waals surface area contributed by atoms with Gasteiger partial charge in [0.05, 0.1) is 16.2 Å². The van der Waals surface area contributed by atoms with Gasteiger partial charge in [-0.1, -0.05) is 61.4 Å². The van der Waals surface area contributed by atoms with E-state index in [0.717, 1.165) is 16.7 Å². The van der Waals surface area contributed by atoms with E-state index in [1.165, 1.54) is 0 Å². The molecule has 0 saturated heterocycles. The van der Waals surface area contributed by atoms with E-state index >= 15 is 0 Å². The van der Waals surface area contributed by atoms with Crippen LogP contribution in [-0.2, 0) is 9.09 Å². The molecule has 3 rings (SSSR count). The van der Waals surface area contributed by atoms with Crippen LogP contribution < -0.4 is 10.6 Å². The molecule has 0 bridgehead atoms. The summed E-state index contributed by atoms with van der Waals surface area (Å²) in [6.07, 6.45) is 0. The Balaban J connectivity index is 1.99. The standard InChI is InChI=1S/C24H25O3P/c1-17(2)20-9-11-21(12-10-20)24(25)27-28(26,22-13-5-18(3)6-14-22)23-15-7-19(4)8-16-23/h5-17H,1-4H3. The second kappa shape index (κ2) is 8.16. The first-order chi connectivity index (χ1) is 13.3. The van der Waals surface area contributed by atoms with Gasteiger partial charge in [0.1, 0.15) is 0 Å². The molecule has 3 aromatic carbocycles. The second-order valence-electron chi connectivity index (χ2n) is 7.38. The molecule has 0 atom stereocenters. The zero-order chi connectivity index (χ0) is 20.3. The molecule has 0 aliphatic heterocycles. The van der Waals surface area contributed by atoms with Crippen LogP contribution in [0.3, 0.4) is 0 Å². The highest BCUT2D eigenvalue weighted by atomic mass is 31.2. The maximum atomic E-state index is 14.0. The van der Waals surface area contributed by atoms with Gasteiger partial charge in [-0.2, -0.15) is 0 Å². The van der Waals surface area contributed by atoms with Crippen molar-refractivity contribution < 1.29 is 13.9 Å². The van der Waals surface area contributed by atoms with Crippen LogP contribution in [0.4, 0.5) is 0 Å². The SMILES string of the molecule is Cc1ccc(P(=O)(OC(=O)c2ccc(C(C)C)cc2)c2ccc(C)cc2)cc1. The zero-order valence-corrected chi connectivity index (χ0v) is 17.6. The molecule has 0 aromatic heterocycles. The molecule has 0 heterocycles. The first-order valence-corrected chi connectivity index (χ1v) is 11.0. The fourth-order valence-electron chi connectivity index (χ4n) is 2.91. The summed E-state index contributed by atoms with van der Waals surface area (Å²) < 4.78 is 19.6. The largest absolute Gasteiger partial charge is 0.401 e. The molecule has 0 fully saturated rings.